The third-order valence-electron chi connectivity index (χ3n) is 5.93. The van der Waals surface area contributed by atoms with Gasteiger partial charge in [0.25, 0.3) is 0 Å². The third kappa shape index (κ3) is 2.41. The SMILES string of the molecule is CSCC[C@H]1N[C@]2(C(=O)Nc3ccccc32)[C@H]2C(=O)N(C(C)(C)C)C(=O)[C@H]12. The first kappa shape index (κ1) is 18.5. The molecule has 2 saturated heterocycles. The molecular formula is C20H25N3O3S. The summed E-state index contributed by atoms with van der Waals surface area (Å²) in [4.78, 5) is 41.3. The molecule has 4 atom stereocenters. The van der Waals surface area contributed by atoms with E-state index in [9.17, 15) is 14.4 Å². The van der Waals surface area contributed by atoms with E-state index < -0.39 is 22.9 Å². The zero-order valence-corrected chi connectivity index (χ0v) is 16.9. The molecule has 4 rings (SSSR count). The highest BCUT2D eigenvalue weighted by atomic mass is 32.2. The number of likely N-dealkylation sites (tertiary alicyclic amines) is 1. The van der Waals surface area contributed by atoms with E-state index in [4.69, 9.17) is 0 Å². The quantitative estimate of drug-likeness (QED) is 0.775. The molecule has 144 valence electrons. The standard InChI is InChI=1S/C20H25N3O3S/c1-19(2,3)23-16(24)14-13(9-10-27-4)22-20(15(14)17(23)25)11-7-5-6-8-12(11)21-18(20)26/h5-8,13-15,22H,9-10H2,1-4H3,(H,21,26)/t13-,14-,15-,20+/m1/s1. The number of nitrogens with zero attached hydrogens (tertiary/aromatic N) is 1. The van der Waals surface area contributed by atoms with Crippen molar-refractivity contribution in [2.75, 3.05) is 17.3 Å². The molecule has 0 unspecified atom stereocenters. The monoisotopic (exact) mass is 387 g/mol. The molecule has 0 aromatic heterocycles. The van der Waals surface area contributed by atoms with Gasteiger partial charge in [0.1, 0.15) is 5.54 Å². The maximum Gasteiger partial charge on any atom is 0.250 e. The summed E-state index contributed by atoms with van der Waals surface area (Å²) in [5.41, 5.74) is -0.294. The molecular weight excluding hydrogens is 362 g/mol. The van der Waals surface area contributed by atoms with Gasteiger partial charge in [0, 0.05) is 22.8 Å². The zero-order chi connectivity index (χ0) is 19.6. The highest BCUT2D eigenvalue weighted by molar-refractivity contribution is 7.98. The summed E-state index contributed by atoms with van der Waals surface area (Å²) in [6, 6.07) is 7.25. The average molecular weight is 388 g/mol. The zero-order valence-electron chi connectivity index (χ0n) is 16.0. The van der Waals surface area contributed by atoms with Crippen LogP contribution >= 0.6 is 11.8 Å². The van der Waals surface area contributed by atoms with Crippen molar-refractivity contribution in [1.82, 2.24) is 10.2 Å². The van der Waals surface area contributed by atoms with Crippen LogP contribution in [0, 0.1) is 11.8 Å². The van der Waals surface area contributed by atoms with Crippen LogP contribution in [-0.2, 0) is 19.9 Å². The highest BCUT2D eigenvalue weighted by Crippen LogP contribution is 2.54. The molecule has 3 amide bonds. The fourth-order valence-electron chi connectivity index (χ4n) is 4.91. The van der Waals surface area contributed by atoms with Crippen LogP contribution < -0.4 is 10.6 Å². The number of anilines is 1. The van der Waals surface area contributed by atoms with Gasteiger partial charge in [-0.1, -0.05) is 18.2 Å². The minimum absolute atomic E-state index is 0.162. The molecule has 3 aliphatic rings. The lowest BCUT2D eigenvalue weighted by Crippen LogP contribution is -2.55. The van der Waals surface area contributed by atoms with E-state index >= 15 is 0 Å². The Morgan fingerprint density at radius 1 is 1.15 bits per heavy atom. The van der Waals surface area contributed by atoms with Crippen molar-refractivity contribution in [3.63, 3.8) is 0 Å². The lowest BCUT2D eigenvalue weighted by atomic mass is 9.76. The molecule has 0 saturated carbocycles. The van der Waals surface area contributed by atoms with Gasteiger partial charge in [-0.2, -0.15) is 11.8 Å². The number of carbonyl (C=O) groups is 3. The summed E-state index contributed by atoms with van der Waals surface area (Å²) >= 11 is 1.70. The van der Waals surface area contributed by atoms with Crippen molar-refractivity contribution >= 4 is 35.2 Å². The summed E-state index contributed by atoms with van der Waals surface area (Å²) in [6.45, 7) is 5.59. The molecule has 2 N–H and O–H groups in total. The molecule has 0 aliphatic carbocycles. The van der Waals surface area contributed by atoms with Crippen LogP contribution in [0.15, 0.2) is 24.3 Å². The second kappa shape index (κ2) is 6.07. The molecule has 1 aromatic rings. The predicted octanol–water partition coefficient (Wildman–Crippen LogP) is 1.96. The Balaban J connectivity index is 1.87. The van der Waals surface area contributed by atoms with E-state index in [1.54, 1.807) is 11.8 Å². The molecule has 27 heavy (non-hydrogen) atoms. The molecule has 6 nitrogen and oxygen atoms in total. The van der Waals surface area contributed by atoms with Crippen molar-refractivity contribution in [3.05, 3.63) is 29.8 Å². The van der Waals surface area contributed by atoms with Gasteiger partial charge in [-0.15, -0.1) is 0 Å². The van der Waals surface area contributed by atoms with Crippen molar-refractivity contribution in [2.45, 2.75) is 44.3 Å². The molecule has 2 fully saturated rings. The van der Waals surface area contributed by atoms with Crippen molar-refractivity contribution in [2.24, 2.45) is 11.8 Å². The number of para-hydroxylation sites is 1. The molecule has 3 heterocycles. The fourth-order valence-corrected chi connectivity index (χ4v) is 5.40. The van der Waals surface area contributed by atoms with Crippen LogP contribution in [-0.4, -0.2) is 46.2 Å². The van der Waals surface area contributed by atoms with E-state index in [1.165, 1.54) is 4.90 Å². The van der Waals surface area contributed by atoms with Crippen molar-refractivity contribution < 1.29 is 14.4 Å². The number of hydrogen-bond donors (Lipinski definition) is 2. The van der Waals surface area contributed by atoms with Crippen LogP contribution in [0.2, 0.25) is 0 Å². The van der Waals surface area contributed by atoms with Gasteiger partial charge in [-0.3, -0.25) is 24.6 Å². The van der Waals surface area contributed by atoms with E-state index in [0.717, 1.165) is 17.7 Å². The maximum absolute atomic E-state index is 13.5. The number of thioether (sulfide) groups is 1. The predicted molar refractivity (Wildman–Crippen MR) is 105 cm³/mol. The summed E-state index contributed by atoms with van der Waals surface area (Å²) in [6.07, 6.45) is 2.75. The Morgan fingerprint density at radius 3 is 2.52 bits per heavy atom. The van der Waals surface area contributed by atoms with E-state index in [0.29, 0.717) is 5.69 Å². The third-order valence-corrected chi connectivity index (χ3v) is 6.57. The molecule has 3 aliphatic heterocycles. The number of nitrogens with one attached hydrogen (secondary N) is 2. The van der Waals surface area contributed by atoms with E-state index in [1.807, 2.05) is 51.3 Å². The number of carbonyl (C=O) groups excluding carboxylic acids is 3. The normalized spacial score (nSPS) is 32.2. The second-order valence-electron chi connectivity index (χ2n) is 8.53. The smallest absolute Gasteiger partial charge is 0.250 e. The first-order chi connectivity index (χ1) is 12.7. The van der Waals surface area contributed by atoms with Gasteiger partial charge >= 0.3 is 0 Å². The topological polar surface area (TPSA) is 78.5 Å². The number of rotatable bonds is 3. The summed E-state index contributed by atoms with van der Waals surface area (Å²) < 4.78 is 0. The van der Waals surface area contributed by atoms with Crippen LogP contribution in [0.5, 0.6) is 0 Å². The highest BCUT2D eigenvalue weighted by Gasteiger charge is 2.71. The Hall–Kier alpha value is -1.86. The summed E-state index contributed by atoms with van der Waals surface area (Å²) in [7, 11) is 0. The Labute approximate surface area is 163 Å². The Morgan fingerprint density at radius 2 is 1.85 bits per heavy atom. The number of benzene rings is 1. The van der Waals surface area contributed by atoms with Crippen LogP contribution in [0.1, 0.15) is 32.8 Å². The van der Waals surface area contributed by atoms with E-state index in [-0.39, 0.29) is 23.8 Å². The fraction of sp³-hybridized carbons (Fsp3) is 0.550. The molecule has 0 radical (unpaired) electrons. The largest absolute Gasteiger partial charge is 0.324 e. The molecule has 7 heteroatoms. The first-order valence-electron chi connectivity index (χ1n) is 9.29. The second-order valence-corrected chi connectivity index (χ2v) is 9.51. The van der Waals surface area contributed by atoms with Gasteiger partial charge in [0.2, 0.25) is 17.7 Å². The van der Waals surface area contributed by atoms with Gasteiger partial charge in [-0.25, -0.2) is 0 Å². The van der Waals surface area contributed by atoms with Crippen LogP contribution in [0.3, 0.4) is 0 Å². The maximum atomic E-state index is 13.5. The van der Waals surface area contributed by atoms with Crippen molar-refractivity contribution in [1.29, 1.82) is 0 Å². The molecule has 1 aromatic carbocycles. The van der Waals surface area contributed by atoms with Crippen LogP contribution in [0.25, 0.3) is 0 Å². The van der Waals surface area contributed by atoms with Crippen LogP contribution in [0.4, 0.5) is 5.69 Å². The van der Waals surface area contributed by atoms with Crippen molar-refractivity contribution in [3.8, 4) is 0 Å². The van der Waals surface area contributed by atoms with Gasteiger partial charge < -0.3 is 5.32 Å². The van der Waals surface area contributed by atoms with E-state index in [2.05, 4.69) is 10.6 Å². The van der Waals surface area contributed by atoms with Gasteiger partial charge in [0.05, 0.1) is 11.8 Å². The number of hydrogen-bond acceptors (Lipinski definition) is 5. The Bertz CT molecular complexity index is 834. The lowest BCUT2D eigenvalue weighted by molar-refractivity contribution is -0.147. The lowest BCUT2D eigenvalue weighted by Gasteiger charge is -2.34. The minimum atomic E-state index is -1.17. The summed E-state index contributed by atoms with van der Waals surface area (Å²) in [5.74, 6) is -1.01. The molecule has 1 spiro atoms. The van der Waals surface area contributed by atoms with Gasteiger partial charge in [-0.05, 0) is 45.3 Å². The number of amides is 3. The first-order valence-corrected chi connectivity index (χ1v) is 10.7. The minimum Gasteiger partial charge on any atom is -0.324 e. The van der Waals surface area contributed by atoms with Gasteiger partial charge in [0.15, 0.2) is 0 Å². The summed E-state index contributed by atoms with van der Waals surface area (Å²) in [5, 5.41) is 6.37. The number of fused-ring (bicyclic) bond motifs is 4. The Kier molecular flexibility index (Phi) is 4.16. The molecule has 0 bridgehead atoms. The number of imide groups is 1. The average Bonchev–Trinajstić information content (AvgIpc) is 3.17.